The van der Waals surface area contributed by atoms with Gasteiger partial charge in [-0.15, -0.1) is 0 Å². The Balaban J connectivity index is 1.64. The van der Waals surface area contributed by atoms with Crippen LogP contribution < -0.4 is 21.3 Å². The number of hydrogen-bond donors (Lipinski definition) is 2. The van der Waals surface area contributed by atoms with E-state index in [1.54, 1.807) is 0 Å². The van der Waals surface area contributed by atoms with Crippen molar-refractivity contribution >= 4 is 39.8 Å². The molecular formula is C24H25N7O. The molecule has 5 rings (SSSR count). The van der Waals surface area contributed by atoms with Crippen LogP contribution in [0.15, 0.2) is 30.3 Å². The number of fused-ring (bicyclic) bond motifs is 3. The first-order chi connectivity index (χ1) is 15.6. The lowest BCUT2D eigenvalue weighted by Crippen LogP contribution is -2.31. The van der Waals surface area contributed by atoms with E-state index in [2.05, 4.69) is 33.1 Å². The van der Waals surface area contributed by atoms with Crippen molar-refractivity contribution in [1.82, 2.24) is 9.97 Å². The van der Waals surface area contributed by atoms with E-state index in [9.17, 15) is 10.1 Å². The Morgan fingerprint density at radius 3 is 2.34 bits per heavy atom. The minimum Gasteiger partial charge on any atom is -0.383 e. The summed E-state index contributed by atoms with van der Waals surface area (Å²) in [6, 6.07) is 12.4. The second kappa shape index (κ2) is 8.00. The summed E-state index contributed by atoms with van der Waals surface area (Å²) in [5, 5.41) is 11.0. The van der Waals surface area contributed by atoms with Gasteiger partial charge in [0.1, 0.15) is 34.9 Å². The van der Waals surface area contributed by atoms with E-state index < -0.39 is 0 Å². The fourth-order valence-electron chi connectivity index (χ4n) is 4.79. The Bertz CT molecular complexity index is 1240. The average molecular weight is 428 g/mol. The predicted molar refractivity (Wildman–Crippen MR) is 126 cm³/mol. The van der Waals surface area contributed by atoms with Gasteiger partial charge in [-0.1, -0.05) is 30.3 Å². The Morgan fingerprint density at radius 2 is 1.66 bits per heavy atom. The number of nitrogens with two attached hydrogens (primary N) is 2. The van der Waals surface area contributed by atoms with Gasteiger partial charge in [-0.3, -0.25) is 4.79 Å². The van der Waals surface area contributed by atoms with E-state index in [0.717, 1.165) is 38.8 Å². The minimum absolute atomic E-state index is 0.0720. The number of nitrogens with zero attached hydrogens (tertiary/aromatic N) is 5. The van der Waals surface area contributed by atoms with Crippen LogP contribution in [0.25, 0.3) is 10.8 Å². The molecule has 0 aliphatic carbocycles. The molecule has 1 aromatic carbocycles. The molecule has 2 aliphatic rings. The van der Waals surface area contributed by atoms with Gasteiger partial charge in [0, 0.05) is 25.0 Å². The van der Waals surface area contributed by atoms with Gasteiger partial charge in [0.25, 0.3) is 0 Å². The van der Waals surface area contributed by atoms with Crippen LogP contribution in [0.1, 0.15) is 40.7 Å². The number of carbonyl (C=O) groups is 1. The molecule has 0 amide bonds. The lowest BCUT2D eigenvalue weighted by molar-refractivity contribution is 0.101. The molecule has 3 aromatic rings. The van der Waals surface area contributed by atoms with E-state index in [4.69, 9.17) is 11.5 Å². The number of carbonyl (C=O) groups excluding carboxylic acids is 1. The van der Waals surface area contributed by atoms with Gasteiger partial charge in [-0.05, 0) is 31.2 Å². The van der Waals surface area contributed by atoms with Crippen molar-refractivity contribution in [2.75, 3.05) is 47.4 Å². The summed E-state index contributed by atoms with van der Waals surface area (Å²) in [6.07, 6.45) is 4.00. The van der Waals surface area contributed by atoms with E-state index in [-0.39, 0.29) is 24.0 Å². The largest absolute Gasteiger partial charge is 0.383 e. The molecule has 4 N–H and O–H groups in total. The number of pyridine rings is 2. The molecule has 0 atom stereocenters. The van der Waals surface area contributed by atoms with Crippen molar-refractivity contribution in [3.8, 4) is 6.07 Å². The number of hydrogen-bond acceptors (Lipinski definition) is 8. The van der Waals surface area contributed by atoms with Gasteiger partial charge in [0.05, 0.1) is 17.5 Å². The molecule has 2 aliphatic heterocycles. The average Bonchev–Trinajstić information content (AvgIpc) is 3.13. The number of piperidine rings is 1. The summed E-state index contributed by atoms with van der Waals surface area (Å²) < 4.78 is 0. The lowest BCUT2D eigenvalue weighted by Gasteiger charge is -2.29. The molecular weight excluding hydrogens is 402 g/mol. The maximum atomic E-state index is 13.2. The van der Waals surface area contributed by atoms with Gasteiger partial charge >= 0.3 is 0 Å². The van der Waals surface area contributed by atoms with Crippen molar-refractivity contribution < 1.29 is 4.79 Å². The van der Waals surface area contributed by atoms with E-state index >= 15 is 0 Å². The summed E-state index contributed by atoms with van der Waals surface area (Å²) in [7, 11) is 0. The summed E-state index contributed by atoms with van der Waals surface area (Å²) in [4.78, 5) is 26.3. The fraction of sp³-hybridized carbons (Fsp3) is 0.333. The first kappa shape index (κ1) is 20.1. The molecule has 0 saturated carbocycles. The zero-order valence-corrected chi connectivity index (χ0v) is 17.8. The zero-order chi connectivity index (χ0) is 22.2. The number of aromatic nitrogens is 2. The second-order valence-corrected chi connectivity index (χ2v) is 8.38. The van der Waals surface area contributed by atoms with Crippen molar-refractivity contribution in [1.29, 1.82) is 5.26 Å². The molecule has 4 heterocycles. The van der Waals surface area contributed by atoms with Gasteiger partial charge in [0.2, 0.25) is 0 Å². The van der Waals surface area contributed by atoms with Crippen LogP contribution in [0.5, 0.6) is 0 Å². The van der Waals surface area contributed by atoms with Crippen LogP contribution in [0.4, 0.5) is 23.3 Å². The highest BCUT2D eigenvalue weighted by Crippen LogP contribution is 2.41. The van der Waals surface area contributed by atoms with Crippen LogP contribution in [-0.2, 0) is 6.42 Å². The van der Waals surface area contributed by atoms with Crippen molar-refractivity contribution in [3.63, 3.8) is 0 Å². The molecule has 0 spiro atoms. The van der Waals surface area contributed by atoms with E-state index in [0.29, 0.717) is 40.1 Å². The van der Waals surface area contributed by atoms with Crippen LogP contribution in [0.2, 0.25) is 0 Å². The minimum atomic E-state index is -0.0720. The molecule has 1 saturated heterocycles. The second-order valence-electron chi connectivity index (χ2n) is 8.38. The molecule has 0 radical (unpaired) electrons. The number of anilines is 4. The lowest BCUT2D eigenvalue weighted by atomic mass is 9.99. The molecule has 1 fully saturated rings. The maximum absolute atomic E-state index is 13.2. The highest BCUT2D eigenvalue weighted by molar-refractivity contribution is 6.22. The first-order valence-corrected chi connectivity index (χ1v) is 11.0. The van der Waals surface area contributed by atoms with Gasteiger partial charge in [0.15, 0.2) is 5.78 Å². The van der Waals surface area contributed by atoms with Crippen LogP contribution in [0.3, 0.4) is 0 Å². The van der Waals surface area contributed by atoms with Gasteiger partial charge in [-0.25, -0.2) is 9.97 Å². The van der Waals surface area contributed by atoms with Crippen LogP contribution in [-0.4, -0.2) is 41.9 Å². The Morgan fingerprint density at radius 1 is 0.969 bits per heavy atom. The molecule has 162 valence electrons. The quantitative estimate of drug-likeness (QED) is 0.651. The Hall–Kier alpha value is -3.86. The number of Topliss-reactive ketones (excluding diaryl/α,β-unsaturated/α-hetero) is 1. The fourth-order valence-corrected chi connectivity index (χ4v) is 4.79. The topological polar surface area (TPSA) is 125 Å². The zero-order valence-electron chi connectivity index (χ0n) is 17.8. The SMILES string of the molecule is N#Cc1c(N2CCCCC2)nc(N)c2c(N)nc3c(c12)C(=O)CN3CCc1ccccc1. The number of benzene rings is 1. The van der Waals surface area contributed by atoms with E-state index in [1.165, 1.54) is 5.56 Å². The van der Waals surface area contributed by atoms with Gasteiger partial charge < -0.3 is 21.3 Å². The normalized spacial score (nSPS) is 15.8. The monoisotopic (exact) mass is 427 g/mol. The highest BCUT2D eigenvalue weighted by atomic mass is 16.1. The third-order valence-corrected chi connectivity index (χ3v) is 6.36. The van der Waals surface area contributed by atoms with Crippen molar-refractivity contribution in [2.45, 2.75) is 25.7 Å². The summed E-state index contributed by atoms with van der Waals surface area (Å²) in [6.45, 7) is 2.46. The third kappa shape index (κ3) is 3.26. The standard InChI is InChI=1S/C24H25N7O/c25-13-16-18-19-17(32)14-31(12-9-15-7-3-1-4-8-15)24(19)29-22(27)20(18)21(26)28-23(16)30-10-5-2-6-11-30/h1,3-4,7-8H,2,5-6,9-12,14H2,(H2,26,28)(H2,27,29). The maximum Gasteiger partial charge on any atom is 0.186 e. The number of nitriles is 1. The highest BCUT2D eigenvalue weighted by Gasteiger charge is 2.34. The summed E-state index contributed by atoms with van der Waals surface area (Å²) in [5.41, 5.74) is 14.6. The van der Waals surface area contributed by atoms with Crippen molar-refractivity contribution in [3.05, 3.63) is 47.0 Å². The summed E-state index contributed by atoms with van der Waals surface area (Å²) >= 11 is 0. The Kier molecular flexibility index (Phi) is 5.02. The molecule has 32 heavy (non-hydrogen) atoms. The molecule has 0 bridgehead atoms. The van der Waals surface area contributed by atoms with Crippen LogP contribution >= 0.6 is 0 Å². The molecule has 2 aromatic heterocycles. The van der Waals surface area contributed by atoms with Crippen LogP contribution in [0, 0.1) is 11.3 Å². The van der Waals surface area contributed by atoms with Crippen molar-refractivity contribution in [2.24, 2.45) is 0 Å². The first-order valence-electron chi connectivity index (χ1n) is 11.0. The molecule has 8 nitrogen and oxygen atoms in total. The number of nitrogen functional groups attached to an aromatic ring is 2. The third-order valence-electron chi connectivity index (χ3n) is 6.36. The predicted octanol–water partition coefficient (Wildman–Crippen LogP) is 2.90. The molecule has 0 unspecified atom stereocenters. The molecule has 8 heteroatoms. The summed E-state index contributed by atoms with van der Waals surface area (Å²) in [5.74, 6) is 1.41. The van der Waals surface area contributed by atoms with Gasteiger partial charge in [-0.2, -0.15) is 5.26 Å². The van der Waals surface area contributed by atoms with E-state index in [1.807, 2.05) is 23.1 Å². The Labute approximate surface area is 186 Å². The number of ketones is 1. The smallest absolute Gasteiger partial charge is 0.186 e. The number of rotatable bonds is 4.